The Hall–Kier alpha value is -2.49. The zero-order valence-corrected chi connectivity index (χ0v) is 18.5. The van der Waals surface area contributed by atoms with Gasteiger partial charge in [0.25, 0.3) is 5.91 Å². The number of rotatable bonds is 5. The van der Waals surface area contributed by atoms with Crippen LogP contribution in [0, 0.1) is 6.92 Å². The van der Waals surface area contributed by atoms with E-state index >= 15 is 0 Å². The maximum absolute atomic E-state index is 12.9. The lowest BCUT2D eigenvalue weighted by atomic mass is 10.1. The number of amides is 1. The molecule has 0 bridgehead atoms. The molecule has 30 heavy (non-hydrogen) atoms. The van der Waals surface area contributed by atoms with Gasteiger partial charge in [-0.3, -0.25) is 15.6 Å². The van der Waals surface area contributed by atoms with Gasteiger partial charge in [0.1, 0.15) is 0 Å². The second-order valence-corrected chi connectivity index (χ2v) is 10.4. The SMILES string of the molecule is Cc1cccc2sc(NNC(=O)c3ccc(S(=O)(=O)N4CCCC[C@H]4C)cc3)nc12. The topological polar surface area (TPSA) is 91.4 Å². The molecule has 1 amide bonds. The van der Waals surface area contributed by atoms with Crippen LogP contribution in [0.15, 0.2) is 47.4 Å². The number of para-hydroxylation sites is 1. The van der Waals surface area contributed by atoms with Gasteiger partial charge in [-0.1, -0.05) is 29.9 Å². The fourth-order valence-electron chi connectivity index (χ4n) is 3.66. The van der Waals surface area contributed by atoms with E-state index in [2.05, 4.69) is 15.8 Å². The van der Waals surface area contributed by atoms with E-state index in [0.717, 1.165) is 35.0 Å². The lowest BCUT2D eigenvalue weighted by molar-refractivity contribution is 0.0962. The Morgan fingerprint density at radius 1 is 1.17 bits per heavy atom. The van der Waals surface area contributed by atoms with Crippen LogP contribution in [0.4, 0.5) is 5.13 Å². The van der Waals surface area contributed by atoms with Crippen LogP contribution in [0.3, 0.4) is 0 Å². The predicted molar refractivity (Wildman–Crippen MR) is 119 cm³/mol. The molecule has 9 heteroatoms. The minimum absolute atomic E-state index is 0.00614. The lowest BCUT2D eigenvalue weighted by Crippen LogP contribution is -2.41. The molecule has 0 saturated carbocycles. The number of nitrogens with zero attached hydrogens (tertiary/aromatic N) is 2. The molecule has 4 rings (SSSR count). The Balaban J connectivity index is 1.44. The molecule has 158 valence electrons. The number of sulfonamides is 1. The first kappa shape index (κ1) is 20.8. The average Bonchev–Trinajstić information content (AvgIpc) is 3.17. The summed E-state index contributed by atoms with van der Waals surface area (Å²) in [6.07, 6.45) is 2.80. The summed E-state index contributed by atoms with van der Waals surface area (Å²) in [4.78, 5) is 17.2. The highest BCUT2D eigenvalue weighted by Crippen LogP contribution is 2.28. The normalized spacial score (nSPS) is 17.7. The van der Waals surface area contributed by atoms with Crippen LogP contribution in [-0.2, 0) is 10.0 Å². The van der Waals surface area contributed by atoms with Crippen molar-refractivity contribution in [2.45, 2.75) is 44.0 Å². The molecule has 7 nitrogen and oxygen atoms in total. The van der Waals surface area contributed by atoms with E-state index in [1.165, 1.54) is 35.6 Å². The minimum atomic E-state index is -3.55. The van der Waals surface area contributed by atoms with Crippen LogP contribution < -0.4 is 10.9 Å². The lowest BCUT2D eigenvalue weighted by Gasteiger charge is -2.32. The Labute approximate surface area is 180 Å². The van der Waals surface area contributed by atoms with Crippen molar-refractivity contribution in [2.75, 3.05) is 12.0 Å². The summed E-state index contributed by atoms with van der Waals surface area (Å²) in [6.45, 7) is 4.47. The molecule has 2 N–H and O–H groups in total. The number of fused-ring (bicyclic) bond motifs is 1. The van der Waals surface area contributed by atoms with Gasteiger partial charge in [-0.25, -0.2) is 13.4 Å². The third kappa shape index (κ3) is 4.05. The van der Waals surface area contributed by atoms with Gasteiger partial charge in [-0.15, -0.1) is 0 Å². The highest BCUT2D eigenvalue weighted by atomic mass is 32.2. The summed E-state index contributed by atoms with van der Waals surface area (Å²) >= 11 is 1.45. The quantitative estimate of drug-likeness (QED) is 0.582. The molecule has 1 saturated heterocycles. The molecule has 1 fully saturated rings. The zero-order valence-electron chi connectivity index (χ0n) is 16.9. The number of hydrogen-bond acceptors (Lipinski definition) is 6. The van der Waals surface area contributed by atoms with Crippen LogP contribution >= 0.6 is 11.3 Å². The minimum Gasteiger partial charge on any atom is -0.273 e. The van der Waals surface area contributed by atoms with Crippen LogP contribution in [-0.4, -0.2) is 36.2 Å². The monoisotopic (exact) mass is 444 g/mol. The number of nitrogens with one attached hydrogen (secondary N) is 2. The number of piperidine rings is 1. The summed E-state index contributed by atoms with van der Waals surface area (Å²) < 4.78 is 28.4. The Morgan fingerprint density at radius 3 is 2.63 bits per heavy atom. The van der Waals surface area contributed by atoms with E-state index < -0.39 is 10.0 Å². The first-order valence-corrected chi connectivity index (χ1v) is 12.2. The molecule has 3 aromatic rings. The van der Waals surface area contributed by atoms with Gasteiger partial charge < -0.3 is 0 Å². The van der Waals surface area contributed by atoms with E-state index in [0.29, 0.717) is 17.2 Å². The van der Waals surface area contributed by atoms with Gasteiger partial charge >= 0.3 is 0 Å². The van der Waals surface area contributed by atoms with Crippen molar-refractivity contribution >= 4 is 42.6 Å². The van der Waals surface area contributed by atoms with E-state index in [9.17, 15) is 13.2 Å². The van der Waals surface area contributed by atoms with Crippen molar-refractivity contribution in [2.24, 2.45) is 0 Å². The molecule has 0 unspecified atom stereocenters. The van der Waals surface area contributed by atoms with E-state index in [1.807, 2.05) is 32.0 Å². The number of thiazole rings is 1. The maximum atomic E-state index is 12.9. The van der Waals surface area contributed by atoms with E-state index in [1.54, 1.807) is 4.31 Å². The maximum Gasteiger partial charge on any atom is 0.269 e. The third-order valence-corrected chi connectivity index (χ3v) is 8.33. The van der Waals surface area contributed by atoms with E-state index in [-0.39, 0.29) is 16.8 Å². The van der Waals surface area contributed by atoms with Gasteiger partial charge in [-0.2, -0.15) is 4.31 Å². The number of hydrazine groups is 1. The second kappa shape index (κ2) is 8.33. The number of benzene rings is 2. The molecule has 1 aliphatic rings. The third-order valence-electron chi connectivity index (χ3n) is 5.37. The fourth-order valence-corrected chi connectivity index (χ4v) is 6.26. The zero-order chi connectivity index (χ0) is 21.3. The van der Waals surface area contributed by atoms with Gasteiger partial charge in [0, 0.05) is 18.2 Å². The number of carbonyl (C=O) groups excluding carboxylic acids is 1. The van der Waals surface area contributed by atoms with Crippen molar-refractivity contribution in [1.29, 1.82) is 0 Å². The van der Waals surface area contributed by atoms with Crippen molar-refractivity contribution < 1.29 is 13.2 Å². The molecule has 2 heterocycles. The van der Waals surface area contributed by atoms with Gasteiger partial charge in [0.2, 0.25) is 15.2 Å². The predicted octanol–water partition coefficient (Wildman–Crippen LogP) is 3.92. The van der Waals surface area contributed by atoms with Crippen molar-refractivity contribution in [3.05, 3.63) is 53.6 Å². The second-order valence-electron chi connectivity index (χ2n) is 7.50. The van der Waals surface area contributed by atoms with Crippen LogP contribution in [0.5, 0.6) is 0 Å². The summed E-state index contributed by atoms with van der Waals surface area (Å²) in [5, 5.41) is 0.589. The average molecular weight is 445 g/mol. The Bertz CT molecular complexity index is 1170. The molecule has 0 radical (unpaired) electrons. The van der Waals surface area contributed by atoms with Crippen molar-refractivity contribution in [3.8, 4) is 0 Å². The number of hydrogen-bond donors (Lipinski definition) is 2. The van der Waals surface area contributed by atoms with Crippen LogP contribution in [0.2, 0.25) is 0 Å². The van der Waals surface area contributed by atoms with Crippen molar-refractivity contribution in [1.82, 2.24) is 14.7 Å². The Morgan fingerprint density at radius 2 is 1.93 bits per heavy atom. The van der Waals surface area contributed by atoms with Crippen molar-refractivity contribution in [3.63, 3.8) is 0 Å². The number of carbonyl (C=O) groups is 1. The molecule has 0 spiro atoms. The summed E-state index contributed by atoms with van der Waals surface area (Å²) in [5.41, 5.74) is 7.81. The first-order valence-electron chi connectivity index (χ1n) is 9.91. The number of aromatic nitrogens is 1. The molecular weight excluding hydrogens is 420 g/mol. The highest BCUT2D eigenvalue weighted by Gasteiger charge is 2.30. The summed E-state index contributed by atoms with van der Waals surface area (Å²) in [7, 11) is -3.55. The van der Waals surface area contributed by atoms with Crippen LogP contribution in [0.25, 0.3) is 10.2 Å². The smallest absolute Gasteiger partial charge is 0.269 e. The molecule has 0 aliphatic carbocycles. The Kier molecular flexibility index (Phi) is 5.77. The standard InChI is InChI=1S/C21H24N4O3S2/c1-14-6-5-8-18-19(14)22-21(29-18)24-23-20(26)16-9-11-17(12-10-16)30(27,28)25-13-4-3-7-15(25)2/h5-6,8-12,15H,3-4,7,13H2,1-2H3,(H,22,24)(H,23,26)/t15-/m1/s1. The highest BCUT2D eigenvalue weighted by molar-refractivity contribution is 7.89. The molecule has 2 aromatic carbocycles. The summed E-state index contributed by atoms with van der Waals surface area (Å²) in [6, 6.07) is 12.0. The molecule has 1 atom stereocenters. The first-order chi connectivity index (χ1) is 14.4. The summed E-state index contributed by atoms with van der Waals surface area (Å²) in [5.74, 6) is -0.360. The molecular formula is C21H24N4O3S2. The van der Waals surface area contributed by atoms with Gasteiger partial charge in [0.05, 0.1) is 15.1 Å². The number of aryl methyl sites for hydroxylation is 1. The largest absolute Gasteiger partial charge is 0.273 e. The van der Waals surface area contributed by atoms with Gasteiger partial charge in [-0.05, 0) is 62.6 Å². The van der Waals surface area contributed by atoms with E-state index in [4.69, 9.17) is 0 Å². The van der Waals surface area contributed by atoms with Crippen LogP contribution in [0.1, 0.15) is 42.1 Å². The molecule has 1 aromatic heterocycles. The van der Waals surface area contributed by atoms with Gasteiger partial charge in [0.15, 0.2) is 0 Å². The fraction of sp³-hybridized carbons (Fsp3) is 0.333. The number of anilines is 1. The molecule has 1 aliphatic heterocycles.